The third-order valence-electron chi connectivity index (χ3n) is 2.07. The van der Waals surface area contributed by atoms with Crippen LogP contribution in [0.4, 0.5) is 0 Å². The van der Waals surface area contributed by atoms with Crippen LogP contribution in [0.2, 0.25) is 0 Å². The Morgan fingerprint density at radius 2 is 1.64 bits per heavy atom. The molecule has 0 rings (SSSR count). The van der Waals surface area contributed by atoms with E-state index in [9.17, 15) is 14.4 Å². The molecule has 0 aromatic rings. The summed E-state index contributed by atoms with van der Waals surface area (Å²) in [6.07, 6.45) is 5.33. The highest BCUT2D eigenvalue weighted by molar-refractivity contribution is 5.82. The lowest BCUT2D eigenvalue weighted by molar-refractivity contribution is -0.122. The lowest BCUT2D eigenvalue weighted by atomic mass is 9.92. The predicted octanol–water partition coefficient (Wildman–Crippen LogP) is 1.71. The zero-order valence-electron chi connectivity index (χ0n) is 8.28. The molecular weight excluding hydrogens is 180 g/mol. The van der Waals surface area contributed by atoms with Crippen molar-refractivity contribution in [3.8, 4) is 0 Å². The zero-order valence-corrected chi connectivity index (χ0v) is 8.28. The molecule has 14 heavy (non-hydrogen) atoms. The number of carbonyl (C=O) groups excluding carboxylic acids is 3. The number of hydrogen-bond acceptors (Lipinski definition) is 3. The summed E-state index contributed by atoms with van der Waals surface area (Å²) in [5, 5.41) is 0. The van der Waals surface area contributed by atoms with Crippen molar-refractivity contribution in [2.45, 2.75) is 32.1 Å². The van der Waals surface area contributed by atoms with Gasteiger partial charge < -0.3 is 9.59 Å². The van der Waals surface area contributed by atoms with E-state index in [2.05, 4.69) is 6.58 Å². The van der Waals surface area contributed by atoms with Gasteiger partial charge in [0.25, 0.3) is 0 Å². The first-order chi connectivity index (χ1) is 6.76. The number of carbonyl (C=O) groups is 3. The van der Waals surface area contributed by atoms with E-state index in [1.807, 2.05) is 0 Å². The topological polar surface area (TPSA) is 51.2 Å². The maximum Gasteiger partial charge on any atom is 0.139 e. The largest absolute Gasteiger partial charge is 0.303 e. The second-order valence-corrected chi connectivity index (χ2v) is 3.14. The molecule has 0 bridgehead atoms. The van der Waals surface area contributed by atoms with Crippen molar-refractivity contribution in [2.24, 2.45) is 5.92 Å². The molecule has 0 amide bonds. The predicted molar refractivity (Wildman–Crippen MR) is 53.9 cm³/mol. The highest BCUT2D eigenvalue weighted by Crippen LogP contribution is 2.15. The second kappa shape index (κ2) is 8.35. The van der Waals surface area contributed by atoms with Gasteiger partial charge in [0.2, 0.25) is 0 Å². The molecule has 0 unspecified atom stereocenters. The van der Waals surface area contributed by atoms with Crippen LogP contribution in [0.25, 0.3) is 0 Å². The summed E-state index contributed by atoms with van der Waals surface area (Å²) in [6, 6.07) is 0. The maximum absolute atomic E-state index is 11.5. The molecule has 0 saturated carbocycles. The number of ketones is 1. The number of Topliss-reactive ketones (excluding diaryl/α,β-unsaturated/α-hetero) is 1. The lowest BCUT2D eigenvalue weighted by Gasteiger charge is -2.11. The summed E-state index contributed by atoms with van der Waals surface area (Å²) in [7, 11) is 0. The molecule has 3 nitrogen and oxygen atoms in total. The van der Waals surface area contributed by atoms with Gasteiger partial charge in [-0.2, -0.15) is 0 Å². The Bertz CT molecular complexity index is 197. The smallest absolute Gasteiger partial charge is 0.139 e. The Morgan fingerprint density at radius 3 is 2.00 bits per heavy atom. The number of aldehydes is 2. The monoisotopic (exact) mass is 196 g/mol. The van der Waals surface area contributed by atoms with E-state index in [1.54, 1.807) is 6.08 Å². The molecule has 0 aliphatic carbocycles. The molecule has 78 valence electrons. The van der Waals surface area contributed by atoms with Crippen LogP contribution in [0.1, 0.15) is 32.1 Å². The minimum atomic E-state index is -0.164. The summed E-state index contributed by atoms with van der Waals surface area (Å²) in [4.78, 5) is 31.8. The van der Waals surface area contributed by atoms with Crippen molar-refractivity contribution < 1.29 is 14.4 Å². The molecule has 0 N–H and O–H groups in total. The minimum Gasteiger partial charge on any atom is -0.303 e. The quantitative estimate of drug-likeness (QED) is 0.416. The van der Waals surface area contributed by atoms with Crippen molar-refractivity contribution in [1.82, 2.24) is 0 Å². The number of allylic oxidation sites excluding steroid dienone is 1. The van der Waals surface area contributed by atoms with Gasteiger partial charge in [0.15, 0.2) is 0 Å². The van der Waals surface area contributed by atoms with Crippen molar-refractivity contribution in [3.05, 3.63) is 12.7 Å². The molecule has 0 radical (unpaired) electrons. The minimum absolute atomic E-state index is 0.0729. The Morgan fingerprint density at radius 1 is 1.14 bits per heavy atom. The standard InChI is InChI=1S/C11H16O3/c1-2-5-11(14)10(6-3-8-12)7-4-9-13/h2,8-10H,1,3-7H2. The molecule has 0 fully saturated rings. The van der Waals surface area contributed by atoms with E-state index in [-0.39, 0.29) is 11.7 Å². The van der Waals surface area contributed by atoms with E-state index in [1.165, 1.54) is 0 Å². The maximum atomic E-state index is 11.5. The summed E-state index contributed by atoms with van der Waals surface area (Å²) in [5.74, 6) is -0.0906. The summed E-state index contributed by atoms with van der Waals surface area (Å²) in [6.45, 7) is 3.48. The van der Waals surface area contributed by atoms with Crippen molar-refractivity contribution in [1.29, 1.82) is 0 Å². The molecule has 3 heteroatoms. The van der Waals surface area contributed by atoms with Gasteiger partial charge in [-0.1, -0.05) is 6.08 Å². The molecule has 0 spiro atoms. The van der Waals surface area contributed by atoms with Gasteiger partial charge in [-0.15, -0.1) is 6.58 Å². The van der Waals surface area contributed by atoms with E-state index < -0.39 is 0 Å². The van der Waals surface area contributed by atoms with E-state index in [0.717, 1.165) is 12.6 Å². The van der Waals surface area contributed by atoms with Gasteiger partial charge in [0, 0.05) is 25.2 Å². The van der Waals surface area contributed by atoms with Crippen molar-refractivity contribution in [2.75, 3.05) is 0 Å². The van der Waals surface area contributed by atoms with Crippen LogP contribution in [0.15, 0.2) is 12.7 Å². The fourth-order valence-corrected chi connectivity index (χ4v) is 1.31. The van der Waals surface area contributed by atoms with Crippen LogP contribution in [0, 0.1) is 5.92 Å². The fourth-order valence-electron chi connectivity index (χ4n) is 1.31. The highest BCUT2D eigenvalue weighted by Gasteiger charge is 2.15. The van der Waals surface area contributed by atoms with Gasteiger partial charge in [-0.05, 0) is 12.8 Å². The van der Waals surface area contributed by atoms with Crippen molar-refractivity contribution in [3.63, 3.8) is 0 Å². The molecule has 0 atom stereocenters. The van der Waals surface area contributed by atoms with Crippen LogP contribution in [-0.2, 0) is 14.4 Å². The van der Waals surface area contributed by atoms with E-state index in [0.29, 0.717) is 32.1 Å². The van der Waals surface area contributed by atoms with Crippen molar-refractivity contribution >= 4 is 18.4 Å². The summed E-state index contributed by atoms with van der Waals surface area (Å²) < 4.78 is 0. The van der Waals surface area contributed by atoms with Gasteiger partial charge >= 0.3 is 0 Å². The first-order valence-electron chi connectivity index (χ1n) is 4.77. The highest BCUT2D eigenvalue weighted by atomic mass is 16.1. The Labute approximate surface area is 84.2 Å². The third-order valence-corrected chi connectivity index (χ3v) is 2.07. The average Bonchev–Trinajstić information content (AvgIpc) is 2.18. The molecule has 0 aromatic carbocycles. The second-order valence-electron chi connectivity index (χ2n) is 3.14. The normalized spacial score (nSPS) is 9.79. The average molecular weight is 196 g/mol. The van der Waals surface area contributed by atoms with Crippen LogP contribution in [0.5, 0.6) is 0 Å². The third kappa shape index (κ3) is 5.41. The van der Waals surface area contributed by atoms with Gasteiger partial charge in [0.05, 0.1) is 0 Å². The molecule has 0 aliphatic heterocycles. The molecule has 0 aliphatic rings. The molecule has 0 saturated heterocycles. The fraction of sp³-hybridized carbons (Fsp3) is 0.545. The Balaban J connectivity index is 4.05. The molecule has 0 heterocycles. The van der Waals surface area contributed by atoms with Crippen LogP contribution >= 0.6 is 0 Å². The molecular formula is C11H16O3. The zero-order chi connectivity index (χ0) is 10.8. The van der Waals surface area contributed by atoms with E-state index in [4.69, 9.17) is 0 Å². The lowest BCUT2D eigenvalue weighted by Crippen LogP contribution is -2.14. The van der Waals surface area contributed by atoms with Crippen LogP contribution < -0.4 is 0 Å². The number of hydrogen-bond donors (Lipinski definition) is 0. The summed E-state index contributed by atoms with van der Waals surface area (Å²) >= 11 is 0. The summed E-state index contributed by atoms with van der Waals surface area (Å²) in [5.41, 5.74) is 0. The van der Waals surface area contributed by atoms with Gasteiger partial charge in [-0.25, -0.2) is 0 Å². The molecule has 0 aromatic heterocycles. The first kappa shape index (κ1) is 12.8. The SMILES string of the molecule is C=CCC(=O)C(CCC=O)CCC=O. The van der Waals surface area contributed by atoms with Gasteiger partial charge in [-0.3, -0.25) is 4.79 Å². The van der Waals surface area contributed by atoms with Gasteiger partial charge in [0.1, 0.15) is 18.4 Å². The van der Waals surface area contributed by atoms with Crippen LogP contribution in [0.3, 0.4) is 0 Å². The van der Waals surface area contributed by atoms with E-state index >= 15 is 0 Å². The Kier molecular flexibility index (Phi) is 7.61. The van der Waals surface area contributed by atoms with Crippen LogP contribution in [-0.4, -0.2) is 18.4 Å². The first-order valence-corrected chi connectivity index (χ1v) is 4.77. The number of rotatable bonds is 9. The Hall–Kier alpha value is -1.25.